The van der Waals surface area contributed by atoms with Crippen molar-refractivity contribution in [3.05, 3.63) is 18.2 Å². The molecular weight excluding hydrogens is 214 g/mol. The van der Waals surface area contributed by atoms with E-state index < -0.39 is 0 Å². The van der Waals surface area contributed by atoms with Crippen molar-refractivity contribution in [2.45, 2.75) is 25.8 Å². The number of hydrogen-bond donors (Lipinski definition) is 1. The molecule has 84 valence electrons. The third-order valence-electron chi connectivity index (χ3n) is 2.22. The normalized spacial score (nSPS) is 11.5. The van der Waals surface area contributed by atoms with Crippen LogP contribution >= 0.6 is 11.6 Å². The number of amides is 1. The van der Waals surface area contributed by atoms with E-state index in [1.807, 2.05) is 13.8 Å². The third kappa shape index (κ3) is 3.23. The lowest BCUT2D eigenvalue weighted by molar-refractivity contribution is 0.0903. The molecule has 0 aliphatic rings. The molecule has 1 N–H and O–H groups in total. The molecule has 1 amide bonds. The van der Waals surface area contributed by atoms with Crippen molar-refractivity contribution in [2.75, 3.05) is 5.88 Å². The van der Waals surface area contributed by atoms with Gasteiger partial charge in [-0.3, -0.25) is 4.79 Å². The maximum absolute atomic E-state index is 11.8. The Morgan fingerprint density at radius 3 is 2.80 bits per heavy atom. The second-order valence-electron chi connectivity index (χ2n) is 4.17. The fourth-order valence-electron chi connectivity index (χ4n) is 1.25. The predicted molar refractivity (Wildman–Crippen MR) is 60.1 cm³/mol. The highest BCUT2D eigenvalue weighted by Crippen LogP contribution is 2.10. The molecule has 0 aliphatic heterocycles. The van der Waals surface area contributed by atoms with Gasteiger partial charge in [-0.2, -0.15) is 0 Å². The van der Waals surface area contributed by atoms with Gasteiger partial charge in [-0.25, -0.2) is 4.98 Å². The Bertz CT molecular complexity index is 346. The maximum atomic E-state index is 11.8. The largest absolute Gasteiger partial charge is 0.346 e. The predicted octanol–water partition coefficient (Wildman–Crippen LogP) is 1.56. The number of carbonyl (C=O) groups is 1. The van der Waals surface area contributed by atoms with E-state index in [-0.39, 0.29) is 11.4 Å². The topological polar surface area (TPSA) is 46.9 Å². The Balaban J connectivity index is 2.68. The lowest BCUT2D eigenvalue weighted by Crippen LogP contribution is -2.44. The van der Waals surface area contributed by atoms with E-state index in [0.717, 1.165) is 6.42 Å². The highest BCUT2D eigenvalue weighted by Gasteiger charge is 2.21. The van der Waals surface area contributed by atoms with E-state index in [2.05, 4.69) is 10.3 Å². The summed E-state index contributed by atoms with van der Waals surface area (Å²) in [5.74, 6) is 0.406. The first-order chi connectivity index (χ1) is 6.96. The van der Waals surface area contributed by atoms with Gasteiger partial charge >= 0.3 is 0 Å². The van der Waals surface area contributed by atoms with Crippen LogP contribution in [0.1, 0.15) is 30.8 Å². The van der Waals surface area contributed by atoms with Crippen molar-refractivity contribution in [3.8, 4) is 0 Å². The molecule has 0 spiro atoms. The molecule has 0 unspecified atom stereocenters. The van der Waals surface area contributed by atoms with Gasteiger partial charge in [-0.05, 0) is 20.3 Å². The molecule has 0 saturated heterocycles. The Morgan fingerprint density at radius 1 is 1.67 bits per heavy atom. The first-order valence-corrected chi connectivity index (χ1v) is 5.34. The molecular formula is C10H16ClN3O. The van der Waals surface area contributed by atoms with E-state index in [4.69, 9.17) is 11.6 Å². The number of rotatable bonds is 4. The molecule has 0 atom stereocenters. The van der Waals surface area contributed by atoms with Crippen LogP contribution in [0.2, 0.25) is 0 Å². The molecule has 1 aromatic heterocycles. The molecule has 5 heteroatoms. The van der Waals surface area contributed by atoms with Gasteiger partial charge in [0.15, 0.2) is 0 Å². The summed E-state index contributed by atoms with van der Waals surface area (Å²) in [6, 6.07) is 0. The van der Waals surface area contributed by atoms with Crippen molar-refractivity contribution >= 4 is 17.5 Å². The zero-order chi connectivity index (χ0) is 11.5. The number of carbonyl (C=O) groups excluding carboxylic acids is 1. The molecule has 1 aromatic rings. The van der Waals surface area contributed by atoms with Crippen LogP contribution in [-0.4, -0.2) is 26.9 Å². The quantitative estimate of drug-likeness (QED) is 0.797. The molecule has 0 fully saturated rings. The second kappa shape index (κ2) is 4.66. The molecule has 0 radical (unpaired) electrons. The van der Waals surface area contributed by atoms with Gasteiger partial charge in [0.05, 0.1) is 12.5 Å². The summed E-state index contributed by atoms with van der Waals surface area (Å²) in [5.41, 5.74) is 0.265. The number of halogens is 1. The standard InChI is InChI=1S/C10H16ClN3O/c1-10(2,4-5-11)13-9(15)8-6-12-7-14(8)3/h6-7H,4-5H2,1-3H3,(H,13,15). The lowest BCUT2D eigenvalue weighted by Gasteiger charge is -2.25. The lowest BCUT2D eigenvalue weighted by atomic mass is 10.0. The van der Waals surface area contributed by atoms with Crippen LogP contribution in [-0.2, 0) is 7.05 Å². The summed E-state index contributed by atoms with van der Waals surface area (Å²) in [4.78, 5) is 15.7. The van der Waals surface area contributed by atoms with Gasteiger partial charge < -0.3 is 9.88 Å². The van der Waals surface area contributed by atoms with Crippen LogP contribution < -0.4 is 5.32 Å². The van der Waals surface area contributed by atoms with Crippen LogP contribution in [0.25, 0.3) is 0 Å². The third-order valence-corrected chi connectivity index (χ3v) is 2.41. The zero-order valence-corrected chi connectivity index (χ0v) is 10.0. The molecule has 1 heterocycles. The number of aromatic nitrogens is 2. The summed E-state index contributed by atoms with van der Waals surface area (Å²) >= 11 is 5.66. The average Bonchev–Trinajstić information content (AvgIpc) is 2.50. The van der Waals surface area contributed by atoms with E-state index in [1.54, 1.807) is 24.1 Å². The maximum Gasteiger partial charge on any atom is 0.269 e. The van der Waals surface area contributed by atoms with Crippen LogP contribution in [0.3, 0.4) is 0 Å². The smallest absolute Gasteiger partial charge is 0.269 e. The number of nitrogens with one attached hydrogen (secondary N) is 1. The summed E-state index contributed by atoms with van der Waals surface area (Å²) in [7, 11) is 1.79. The van der Waals surface area contributed by atoms with Gasteiger partial charge in [0.2, 0.25) is 0 Å². The monoisotopic (exact) mass is 229 g/mol. The SMILES string of the molecule is Cn1cncc1C(=O)NC(C)(C)CCCl. The first kappa shape index (κ1) is 12.0. The second-order valence-corrected chi connectivity index (χ2v) is 4.54. The molecule has 1 rings (SSSR count). The Hall–Kier alpha value is -1.03. The van der Waals surface area contributed by atoms with Crippen LogP contribution in [0, 0.1) is 0 Å². The fraction of sp³-hybridized carbons (Fsp3) is 0.600. The van der Waals surface area contributed by atoms with Crippen molar-refractivity contribution in [3.63, 3.8) is 0 Å². The molecule has 0 aliphatic carbocycles. The van der Waals surface area contributed by atoms with Gasteiger partial charge in [0.1, 0.15) is 5.69 Å². The van der Waals surface area contributed by atoms with E-state index in [1.165, 1.54) is 0 Å². The Morgan fingerprint density at radius 2 is 2.33 bits per heavy atom. The average molecular weight is 230 g/mol. The van der Waals surface area contributed by atoms with Crippen LogP contribution in [0.15, 0.2) is 12.5 Å². The van der Waals surface area contributed by atoms with Crippen molar-refractivity contribution in [1.29, 1.82) is 0 Å². The van der Waals surface area contributed by atoms with Gasteiger partial charge in [0, 0.05) is 18.5 Å². The molecule has 4 nitrogen and oxygen atoms in total. The minimum atomic E-state index is -0.289. The van der Waals surface area contributed by atoms with Gasteiger partial charge in [-0.1, -0.05) is 0 Å². The Labute approximate surface area is 94.6 Å². The summed E-state index contributed by atoms with van der Waals surface area (Å²) in [5, 5.41) is 2.92. The highest BCUT2D eigenvalue weighted by atomic mass is 35.5. The van der Waals surface area contributed by atoms with E-state index in [9.17, 15) is 4.79 Å². The highest BCUT2D eigenvalue weighted by molar-refractivity contribution is 6.17. The summed E-state index contributed by atoms with van der Waals surface area (Å²) in [6.07, 6.45) is 3.88. The number of hydrogen-bond acceptors (Lipinski definition) is 2. The van der Waals surface area contributed by atoms with Gasteiger partial charge in [0.25, 0.3) is 5.91 Å². The van der Waals surface area contributed by atoms with Crippen molar-refractivity contribution < 1.29 is 4.79 Å². The first-order valence-electron chi connectivity index (χ1n) is 4.81. The number of imidazole rings is 1. The Kier molecular flexibility index (Phi) is 3.74. The van der Waals surface area contributed by atoms with Crippen LogP contribution in [0.4, 0.5) is 0 Å². The molecule has 0 saturated carbocycles. The zero-order valence-electron chi connectivity index (χ0n) is 9.25. The molecule has 0 aromatic carbocycles. The minimum absolute atomic E-state index is 0.120. The van der Waals surface area contributed by atoms with Crippen molar-refractivity contribution in [2.24, 2.45) is 7.05 Å². The summed E-state index contributed by atoms with van der Waals surface area (Å²) in [6.45, 7) is 3.90. The van der Waals surface area contributed by atoms with Gasteiger partial charge in [-0.15, -0.1) is 11.6 Å². The molecule has 15 heavy (non-hydrogen) atoms. The van der Waals surface area contributed by atoms with Crippen molar-refractivity contribution in [1.82, 2.24) is 14.9 Å². The van der Waals surface area contributed by atoms with E-state index in [0.29, 0.717) is 11.6 Å². The minimum Gasteiger partial charge on any atom is -0.346 e. The van der Waals surface area contributed by atoms with E-state index >= 15 is 0 Å². The van der Waals surface area contributed by atoms with Crippen LogP contribution in [0.5, 0.6) is 0 Å². The number of aryl methyl sites for hydroxylation is 1. The summed E-state index contributed by atoms with van der Waals surface area (Å²) < 4.78 is 1.69. The number of nitrogens with zero attached hydrogens (tertiary/aromatic N) is 2. The fourth-order valence-corrected chi connectivity index (χ4v) is 1.72. The number of alkyl halides is 1. The molecule has 0 bridgehead atoms.